The van der Waals surface area contributed by atoms with Gasteiger partial charge in [-0.15, -0.1) is 0 Å². The molecule has 0 spiro atoms. The molecule has 2 amide bonds. The molecule has 1 atom stereocenters. The zero-order chi connectivity index (χ0) is 18.5. The van der Waals surface area contributed by atoms with Gasteiger partial charge in [0.15, 0.2) is 5.58 Å². The van der Waals surface area contributed by atoms with E-state index >= 15 is 0 Å². The highest BCUT2D eigenvalue weighted by molar-refractivity contribution is 6.09. The Morgan fingerprint density at radius 3 is 2.70 bits per heavy atom. The number of amides is 2. The highest BCUT2D eigenvalue weighted by Gasteiger charge is 2.33. The van der Waals surface area contributed by atoms with Gasteiger partial charge in [0.1, 0.15) is 5.69 Å². The van der Waals surface area contributed by atoms with E-state index in [0.29, 0.717) is 30.2 Å². The maximum absolute atomic E-state index is 12.3. The van der Waals surface area contributed by atoms with Crippen molar-refractivity contribution in [3.05, 3.63) is 30.1 Å². The van der Waals surface area contributed by atoms with Crippen molar-refractivity contribution >= 4 is 33.7 Å². The number of rotatable bonds is 2. The molecule has 1 aliphatic heterocycles. The average molecular weight is 367 g/mol. The second-order valence-corrected chi connectivity index (χ2v) is 7.63. The molecule has 7 nitrogen and oxygen atoms in total. The zero-order valence-corrected chi connectivity index (χ0v) is 14.9. The van der Waals surface area contributed by atoms with Gasteiger partial charge in [0, 0.05) is 29.6 Å². The minimum atomic E-state index is -0.470. The molecular weight excluding hydrogens is 346 g/mol. The first kappa shape index (κ1) is 16.5. The van der Waals surface area contributed by atoms with E-state index in [1.165, 1.54) is 0 Å². The summed E-state index contributed by atoms with van der Waals surface area (Å²) in [4.78, 5) is 23.8. The average Bonchev–Trinajstić information content (AvgIpc) is 3.26. The summed E-state index contributed by atoms with van der Waals surface area (Å²) in [6, 6.07) is 6.34. The van der Waals surface area contributed by atoms with Gasteiger partial charge in [0.05, 0.1) is 17.4 Å². The maximum atomic E-state index is 12.3. The molecule has 1 saturated heterocycles. The van der Waals surface area contributed by atoms with Gasteiger partial charge in [-0.3, -0.25) is 14.9 Å². The van der Waals surface area contributed by atoms with Gasteiger partial charge in [0.2, 0.25) is 11.8 Å². The van der Waals surface area contributed by atoms with Gasteiger partial charge in [-0.25, -0.2) is 0 Å². The Morgan fingerprint density at radius 1 is 1.11 bits per heavy atom. The fourth-order valence-electron chi connectivity index (χ4n) is 4.55. The van der Waals surface area contributed by atoms with Crippen molar-refractivity contribution in [3.8, 4) is 0 Å². The Balaban J connectivity index is 1.60. The van der Waals surface area contributed by atoms with Crippen LogP contribution in [0.4, 0.5) is 0 Å². The van der Waals surface area contributed by atoms with Crippen LogP contribution in [0.15, 0.2) is 28.9 Å². The van der Waals surface area contributed by atoms with Gasteiger partial charge in [-0.2, -0.15) is 0 Å². The van der Waals surface area contributed by atoms with Crippen LogP contribution < -0.4 is 5.32 Å². The molecule has 5 rings (SSSR count). The molecule has 3 aromatic rings. The first-order valence-electron chi connectivity index (χ1n) is 9.52. The van der Waals surface area contributed by atoms with Crippen LogP contribution in [0.25, 0.3) is 21.9 Å². The molecule has 3 heterocycles. The lowest BCUT2D eigenvalue weighted by atomic mass is 9.91. The highest BCUT2D eigenvalue weighted by Crippen LogP contribution is 2.38. The standard InChI is InChI=1S/C20H21N3O4/c24-12-3-1-11(2-4-12)23-10-9-13-15(23)6-7-16-18(13)19(22-27-16)14-5-8-17(25)21-20(14)26/h6-7,9-12,14,24H,1-5,8H2,(H,21,25,26). The number of nitrogens with zero attached hydrogens (tertiary/aromatic N) is 2. The number of aromatic nitrogens is 2. The maximum Gasteiger partial charge on any atom is 0.235 e. The van der Waals surface area contributed by atoms with E-state index in [4.69, 9.17) is 4.52 Å². The van der Waals surface area contributed by atoms with Gasteiger partial charge < -0.3 is 14.2 Å². The second-order valence-electron chi connectivity index (χ2n) is 7.63. The third kappa shape index (κ3) is 2.65. The zero-order valence-electron chi connectivity index (χ0n) is 14.9. The SMILES string of the molecule is O=C1CCC(c2noc3ccc4c(ccn4C4CCC(O)CC4)c23)C(=O)N1. The van der Waals surface area contributed by atoms with Crippen molar-refractivity contribution < 1.29 is 19.2 Å². The van der Waals surface area contributed by atoms with E-state index < -0.39 is 5.92 Å². The molecule has 7 heteroatoms. The number of carbonyl (C=O) groups excluding carboxylic acids is 2. The summed E-state index contributed by atoms with van der Waals surface area (Å²) in [6.07, 6.45) is 6.19. The van der Waals surface area contributed by atoms with Crippen LogP contribution in [0.5, 0.6) is 0 Å². The lowest BCUT2D eigenvalue weighted by Gasteiger charge is -2.27. The number of aliphatic hydroxyl groups excluding tert-OH is 1. The first-order chi connectivity index (χ1) is 13.1. The Labute approximate surface area is 155 Å². The third-order valence-electron chi connectivity index (χ3n) is 5.99. The number of nitrogens with one attached hydrogen (secondary N) is 1. The predicted molar refractivity (Wildman–Crippen MR) is 98.1 cm³/mol. The summed E-state index contributed by atoms with van der Waals surface area (Å²) in [5.74, 6) is -1.01. The van der Waals surface area contributed by atoms with Crippen molar-refractivity contribution in [2.45, 2.75) is 56.6 Å². The Morgan fingerprint density at radius 2 is 1.93 bits per heavy atom. The van der Waals surface area contributed by atoms with Gasteiger partial charge >= 0.3 is 0 Å². The van der Waals surface area contributed by atoms with Gasteiger partial charge in [-0.05, 0) is 50.3 Å². The van der Waals surface area contributed by atoms with Gasteiger partial charge in [-0.1, -0.05) is 5.16 Å². The first-order valence-corrected chi connectivity index (χ1v) is 9.52. The summed E-state index contributed by atoms with van der Waals surface area (Å²) >= 11 is 0. The van der Waals surface area contributed by atoms with Crippen molar-refractivity contribution in [2.75, 3.05) is 0 Å². The normalized spacial score (nSPS) is 26.6. The molecular formula is C20H21N3O4. The number of piperidine rings is 1. The van der Waals surface area contributed by atoms with Crippen LogP contribution in [0.1, 0.15) is 56.2 Å². The second kappa shape index (κ2) is 6.20. The van der Waals surface area contributed by atoms with Crippen LogP contribution in [0.3, 0.4) is 0 Å². The van der Waals surface area contributed by atoms with E-state index in [2.05, 4.69) is 27.3 Å². The van der Waals surface area contributed by atoms with E-state index in [9.17, 15) is 14.7 Å². The minimum absolute atomic E-state index is 0.188. The van der Waals surface area contributed by atoms with Crippen LogP contribution in [-0.4, -0.2) is 32.7 Å². The summed E-state index contributed by atoms with van der Waals surface area (Å²) in [5, 5.41) is 18.2. The lowest BCUT2D eigenvalue weighted by Crippen LogP contribution is -2.39. The van der Waals surface area contributed by atoms with Crippen molar-refractivity contribution in [3.63, 3.8) is 0 Å². The quantitative estimate of drug-likeness (QED) is 0.679. The van der Waals surface area contributed by atoms with Crippen molar-refractivity contribution in [2.24, 2.45) is 0 Å². The molecule has 2 fully saturated rings. The topological polar surface area (TPSA) is 97.4 Å². The number of fused-ring (bicyclic) bond motifs is 3. The smallest absolute Gasteiger partial charge is 0.235 e. The molecule has 140 valence electrons. The Bertz CT molecular complexity index is 1040. The molecule has 2 aromatic heterocycles. The molecule has 1 saturated carbocycles. The summed E-state index contributed by atoms with van der Waals surface area (Å²) in [7, 11) is 0. The van der Waals surface area contributed by atoms with E-state index in [1.807, 2.05) is 12.1 Å². The number of benzene rings is 1. The van der Waals surface area contributed by atoms with E-state index in [0.717, 1.165) is 42.0 Å². The van der Waals surface area contributed by atoms with E-state index in [-0.39, 0.29) is 17.9 Å². The highest BCUT2D eigenvalue weighted by atomic mass is 16.5. The van der Waals surface area contributed by atoms with Crippen LogP contribution >= 0.6 is 0 Å². The fraction of sp³-hybridized carbons (Fsp3) is 0.450. The molecule has 1 aliphatic carbocycles. The number of hydrogen-bond donors (Lipinski definition) is 2. The lowest BCUT2D eigenvalue weighted by molar-refractivity contribution is -0.134. The molecule has 27 heavy (non-hydrogen) atoms. The Kier molecular flexibility index (Phi) is 3.79. The Hall–Kier alpha value is -2.67. The van der Waals surface area contributed by atoms with Crippen LogP contribution in [0.2, 0.25) is 0 Å². The summed E-state index contributed by atoms with van der Waals surface area (Å²) in [6.45, 7) is 0. The predicted octanol–water partition coefficient (Wildman–Crippen LogP) is 2.78. The summed E-state index contributed by atoms with van der Waals surface area (Å²) in [5.41, 5.74) is 2.34. The van der Waals surface area contributed by atoms with E-state index in [1.54, 1.807) is 0 Å². The molecule has 0 radical (unpaired) electrons. The van der Waals surface area contributed by atoms with Crippen molar-refractivity contribution in [1.29, 1.82) is 0 Å². The van der Waals surface area contributed by atoms with Gasteiger partial charge in [0.25, 0.3) is 0 Å². The molecule has 1 unspecified atom stereocenters. The number of aliphatic hydroxyl groups is 1. The minimum Gasteiger partial charge on any atom is -0.393 e. The molecule has 2 N–H and O–H groups in total. The monoisotopic (exact) mass is 367 g/mol. The number of hydrogen-bond acceptors (Lipinski definition) is 5. The fourth-order valence-corrected chi connectivity index (χ4v) is 4.55. The number of carbonyl (C=O) groups is 2. The number of imide groups is 1. The van der Waals surface area contributed by atoms with Crippen LogP contribution in [-0.2, 0) is 9.59 Å². The van der Waals surface area contributed by atoms with Crippen LogP contribution in [0, 0.1) is 0 Å². The molecule has 1 aromatic carbocycles. The molecule has 2 aliphatic rings. The summed E-state index contributed by atoms with van der Waals surface area (Å²) < 4.78 is 7.76. The van der Waals surface area contributed by atoms with Crippen molar-refractivity contribution in [1.82, 2.24) is 15.0 Å². The molecule has 0 bridgehead atoms. The third-order valence-corrected chi connectivity index (χ3v) is 5.99. The largest absolute Gasteiger partial charge is 0.393 e.